The van der Waals surface area contributed by atoms with Crippen molar-refractivity contribution in [1.29, 1.82) is 0 Å². The molecule has 2 rings (SSSR count). The molecule has 0 aromatic heterocycles. The molecule has 0 fully saturated rings. The number of benzene rings is 2. The van der Waals surface area contributed by atoms with Gasteiger partial charge in [-0.3, -0.25) is 0 Å². The highest BCUT2D eigenvalue weighted by Crippen LogP contribution is 2.35. The number of rotatable bonds is 4. The van der Waals surface area contributed by atoms with E-state index in [1.165, 1.54) is 12.1 Å². The number of methoxy groups -OCH3 is 1. The monoisotopic (exact) mass is 313 g/mol. The Hall–Kier alpha value is -1.29. The fraction of sp³-hybridized carbons (Fsp3) is 0.200. The van der Waals surface area contributed by atoms with E-state index in [4.69, 9.17) is 27.9 Å². The predicted molar refractivity (Wildman–Crippen MR) is 80.3 cm³/mol. The summed E-state index contributed by atoms with van der Waals surface area (Å²) >= 11 is 12.2. The third kappa shape index (κ3) is 3.06. The summed E-state index contributed by atoms with van der Waals surface area (Å²) in [6, 6.07) is 9.25. The van der Waals surface area contributed by atoms with Crippen molar-refractivity contribution in [1.82, 2.24) is 5.32 Å². The molecule has 0 amide bonds. The Morgan fingerprint density at radius 3 is 2.50 bits per heavy atom. The molecule has 20 heavy (non-hydrogen) atoms. The van der Waals surface area contributed by atoms with Crippen LogP contribution in [0.2, 0.25) is 10.0 Å². The minimum absolute atomic E-state index is 0.313. The number of nitrogens with one attached hydrogen (secondary N) is 1. The predicted octanol–water partition coefficient (Wildman–Crippen LogP) is 4.45. The van der Waals surface area contributed by atoms with Crippen LogP contribution >= 0.6 is 23.2 Å². The first-order valence-electron chi connectivity index (χ1n) is 6.02. The molecule has 1 N–H and O–H groups in total. The maximum atomic E-state index is 13.5. The van der Waals surface area contributed by atoms with Crippen molar-refractivity contribution in [2.75, 3.05) is 14.2 Å². The molecule has 1 atom stereocenters. The lowest BCUT2D eigenvalue weighted by Gasteiger charge is -2.21. The van der Waals surface area contributed by atoms with Crippen molar-refractivity contribution in [3.05, 3.63) is 63.4 Å². The van der Waals surface area contributed by atoms with Gasteiger partial charge in [0.2, 0.25) is 0 Å². The van der Waals surface area contributed by atoms with Gasteiger partial charge in [-0.15, -0.1) is 0 Å². The first kappa shape index (κ1) is 15.1. The van der Waals surface area contributed by atoms with E-state index in [0.717, 1.165) is 5.56 Å². The molecule has 106 valence electrons. The molecule has 0 heterocycles. The lowest BCUT2D eigenvalue weighted by Crippen LogP contribution is -2.19. The molecule has 2 nitrogen and oxygen atoms in total. The average molecular weight is 314 g/mol. The number of hydrogen-bond acceptors (Lipinski definition) is 2. The minimum Gasteiger partial charge on any atom is -0.496 e. The molecule has 0 radical (unpaired) electrons. The van der Waals surface area contributed by atoms with Crippen molar-refractivity contribution < 1.29 is 9.13 Å². The van der Waals surface area contributed by atoms with Crippen molar-refractivity contribution in [2.24, 2.45) is 0 Å². The van der Waals surface area contributed by atoms with Crippen molar-refractivity contribution in [3.8, 4) is 5.75 Å². The van der Waals surface area contributed by atoms with Crippen LogP contribution in [-0.2, 0) is 0 Å². The quantitative estimate of drug-likeness (QED) is 0.900. The molecular formula is C15H14Cl2FNO. The highest BCUT2D eigenvalue weighted by Gasteiger charge is 2.20. The molecule has 0 aliphatic heterocycles. The third-order valence-corrected chi connectivity index (χ3v) is 3.64. The van der Waals surface area contributed by atoms with Crippen LogP contribution in [0.15, 0.2) is 36.4 Å². The molecule has 0 aliphatic carbocycles. The fourth-order valence-electron chi connectivity index (χ4n) is 2.15. The van der Waals surface area contributed by atoms with Crippen molar-refractivity contribution >= 4 is 23.2 Å². The highest BCUT2D eigenvalue weighted by atomic mass is 35.5. The van der Waals surface area contributed by atoms with E-state index in [1.54, 1.807) is 38.4 Å². The summed E-state index contributed by atoms with van der Waals surface area (Å²) in [4.78, 5) is 0. The average Bonchev–Trinajstić information content (AvgIpc) is 2.44. The lowest BCUT2D eigenvalue weighted by molar-refractivity contribution is 0.404. The van der Waals surface area contributed by atoms with Crippen LogP contribution in [-0.4, -0.2) is 14.2 Å². The van der Waals surface area contributed by atoms with Gasteiger partial charge in [0, 0.05) is 15.6 Å². The standard InChI is InChI=1S/C15H14Cl2FNO/c1-19-15(11-7-9(16)3-5-13(11)17)12-8-10(18)4-6-14(12)20-2/h3-8,15,19H,1-2H3. The third-order valence-electron chi connectivity index (χ3n) is 3.06. The Morgan fingerprint density at radius 2 is 1.85 bits per heavy atom. The second-order valence-electron chi connectivity index (χ2n) is 4.27. The van der Waals surface area contributed by atoms with Gasteiger partial charge in [-0.05, 0) is 49.0 Å². The Labute approximate surface area is 127 Å². The summed E-state index contributed by atoms with van der Waals surface area (Å²) in [5.74, 6) is 0.251. The number of halogens is 3. The summed E-state index contributed by atoms with van der Waals surface area (Å²) in [5, 5.41) is 4.24. The summed E-state index contributed by atoms with van der Waals surface area (Å²) < 4.78 is 18.8. The van der Waals surface area contributed by atoms with Crippen LogP contribution < -0.4 is 10.1 Å². The molecule has 0 saturated heterocycles. The largest absolute Gasteiger partial charge is 0.496 e. The van der Waals surface area contributed by atoms with Crippen LogP contribution in [0.1, 0.15) is 17.2 Å². The van der Waals surface area contributed by atoms with E-state index in [2.05, 4.69) is 5.32 Å². The smallest absolute Gasteiger partial charge is 0.124 e. The van der Waals surface area contributed by atoms with Gasteiger partial charge in [-0.2, -0.15) is 0 Å². The zero-order valence-electron chi connectivity index (χ0n) is 11.1. The summed E-state index contributed by atoms with van der Waals surface area (Å²) in [6.45, 7) is 0. The SMILES string of the molecule is CNC(c1cc(Cl)ccc1Cl)c1cc(F)ccc1OC. The van der Waals surface area contributed by atoms with E-state index in [9.17, 15) is 4.39 Å². The number of hydrogen-bond donors (Lipinski definition) is 1. The van der Waals surface area contributed by atoms with E-state index in [-0.39, 0.29) is 11.9 Å². The molecular weight excluding hydrogens is 300 g/mol. The molecule has 0 saturated carbocycles. The highest BCUT2D eigenvalue weighted by molar-refractivity contribution is 6.33. The zero-order chi connectivity index (χ0) is 14.7. The van der Waals surface area contributed by atoms with E-state index in [1.807, 2.05) is 0 Å². The topological polar surface area (TPSA) is 21.3 Å². The number of ether oxygens (including phenoxy) is 1. The minimum atomic E-state index is -0.334. The Kier molecular flexibility index (Phi) is 4.86. The van der Waals surface area contributed by atoms with E-state index < -0.39 is 0 Å². The van der Waals surface area contributed by atoms with E-state index in [0.29, 0.717) is 21.4 Å². The van der Waals surface area contributed by atoms with Crippen LogP contribution in [0.5, 0.6) is 5.75 Å². The lowest BCUT2D eigenvalue weighted by atomic mass is 9.97. The molecule has 0 spiro atoms. The normalized spacial score (nSPS) is 12.2. The van der Waals surface area contributed by atoms with Crippen molar-refractivity contribution in [2.45, 2.75) is 6.04 Å². The Balaban J connectivity index is 2.57. The second kappa shape index (κ2) is 6.44. The summed E-state index contributed by atoms with van der Waals surface area (Å²) in [6.07, 6.45) is 0. The zero-order valence-corrected chi connectivity index (χ0v) is 12.6. The van der Waals surface area contributed by atoms with Gasteiger partial charge < -0.3 is 10.1 Å². The van der Waals surface area contributed by atoms with Crippen LogP contribution in [0.25, 0.3) is 0 Å². The van der Waals surface area contributed by atoms with Gasteiger partial charge >= 0.3 is 0 Å². The molecule has 0 bridgehead atoms. The van der Waals surface area contributed by atoms with Gasteiger partial charge in [0.25, 0.3) is 0 Å². The van der Waals surface area contributed by atoms with Crippen molar-refractivity contribution in [3.63, 3.8) is 0 Å². The van der Waals surface area contributed by atoms with Gasteiger partial charge in [-0.25, -0.2) is 4.39 Å². The first-order valence-corrected chi connectivity index (χ1v) is 6.78. The van der Waals surface area contributed by atoms with Crippen LogP contribution in [0, 0.1) is 5.82 Å². The molecule has 2 aromatic carbocycles. The van der Waals surface area contributed by atoms with E-state index >= 15 is 0 Å². The second-order valence-corrected chi connectivity index (χ2v) is 5.12. The summed E-state index contributed by atoms with van der Waals surface area (Å²) in [7, 11) is 3.31. The van der Waals surface area contributed by atoms with Crippen LogP contribution in [0.4, 0.5) is 4.39 Å². The maximum absolute atomic E-state index is 13.5. The van der Waals surface area contributed by atoms with Gasteiger partial charge in [-0.1, -0.05) is 23.2 Å². The fourth-order valence-corrected chi connectivity index (χ4v) is 2.55. The Morgan fingerprint density at radius 1 is 1.10 bits per heavy atom. The Bertz CT molecular complexity index is 619. The van der Waals surface area contributed by atoms with Gasteiger partial charge in [0.15, 0.2) is 0 Å². The molecule has 0 aliphatic rings. The first-order chi connectivity index (χ1) is 9.56. The molecule has 2 aromatic rings. The van der Waals surface area contributed by atoms with Gasteiger partial charge in [0.1, 0.15) is 11.6 Å². The maximum Gasteiger partial charge on any atom is 0.124 e. The summed E-state index contributed by atoms with van der Waals surface area (Å²) in [5.41, 5.74) is 1.43. The van der Waals surface area contributed by atoms with Gasteiger partial charge in [0.05, 0.1) is 13.2 Å². The molecule has 5 heteroatoms. The van der Waals surface area contributed by atoms with Crippen LogP contribution in [0.3, 0.4) is 0 Å². The molecule has 1 unspecified atom stereocenters.